The molecule has 7 nitrogen and oxygen atoms in total. The van der Waals surface area contributed by atoms with Gasteiger partial charge in [0.25, 0.3) is 5.91 Å². The van der Waals surface area contributed by atoms with Crippen molar-refractivity contribution in [2.75, 3.05) is 26.2 Å². The van der Waals surface area contributed by atoms with Crippen molar-refractivity contribution in [1.29, 1.82) is 0 Å². The number of amides is 1. The number of carbonyl (C=O) groups is 1. The number of carbonyl (C=O) groups excluding carboxylic acids is 1. The van der Waals surface area contributed by atoms with Crippen LogP contribution >= 0.6 is 35.3 Å². The van der Waals surface area contributed by atoms with Gasteiger partial charge in [0.05, 0.1) is 10.7 Å². The second-order valence-corrected chi connectivity index (χ2v) is 8.38. The first-order chi connectivity index (χ1) is 14.6. The van der Waals surface area contributed by atoms with Gasteiger partial charge < -0.3 is 20.7 Å². The van der Waals surface area contributed by atoms with Gasteiger partial charge >= 0.3 is 0 Å². The van der Waals surface area contributed by atoms with Gasteiger partial charge in [0.1, 0.15) is 5.75 Å². The zero-order valence-electron chi connectivity index (χ0n) is 18.1. The largest absolute Gasteiger partial charge is 0.484 e. The van der Waals surface area contributed by atoms with Crippen molar-refractivity contribution in [2.45, 2.75) is 45.6 Å². The minimum atomic E-state index is -0.0501. The van der Waals surface area contributed by atoms with Crippen LogP contribution in [0.4, 0.5) is 0 Å². The Morgan fingerprint density at radius 3 is 2.65 bits per heavy atom. The molecule has 9 heteroatoms. The maximum atomic E-state index is 11.7. The van der Waals surface area contributed by atoms with E-state index in [1.54, 1.807) is 11.3 Å². The highest BCUT2D eigenvalue weighted by molar-refractivity contribution is 14.0. The van der Waals surface area contributed by atoms with Crippen molar-refractivity contribution in [3.05, 3.63) is 45.9 Å². The summed E-state index contributed by atoms with van der Waals surface area (Å²) in [6.45, 7) is 6.46. The van der Waals surface area contributed by atoms with E-state index in [1.165, 1.54) is 5.56 Å². The molecule has 1 saturated carbocycles. The summed E-state index contributed by atoms with van der Waals surface area (Å²) in [7, 11) is 0. The van der Waals surface area contributed by atoms with Crippen LogP contribution in [0.5, 0.6) is 5.75 Å². The molecule has 1 aliphatic rings. The van der Waals surface area contributed by atoms with E-state index in [0.717, 1.165) is 55.4 Å². The molecule has 0 unspecified atom stereocenters. The first-order valence-electron chi connectivity index (χ1n) is 10.6. The van der Waals surface area contributed by atoms with Gasteiger partial charge in [0.15, 0.2) is 12.6 Å². The molecule has 0 saturated heterocycles. The van der Waals surface area contributed by atoms with Crippen molar-refractivity contribution >= 4 is 47.2 Å². The summed E-state index contributed by atoms with van der Waals surface area (Å²) >= 11 is 1.68. The number of rotatable bonds is 11. The van der Waals surface area contributed by atoms with E-state index >= 15 is 0 Å². The summed E-state index contributed by atoms with van der Waals surface area (Å²) in [6, 6.07) is 8.25. The molecule has 0 aliphatic heterocycles. The maximum Gasteiger partial charge on any atom is 0.258 e. The SMILES string of the molecule is CCNC(=NCCc1csc(C)n1)NCCc1ccc(OCC(=O)NC2CC2)cc1.I. The van der Waals surface area contributed by atoms with Crippen LogP contribution in [0.15, 0.2) is 34.6 Å². The number of aromatic nitrogens is 1. The zero-order valence-corrected chi connectivity index (χ0v) is 21.3. The third-order valence-corrected chi connectivity index (χ3v) is 5.41. The number of halogens is 1. The van der Waals surface area contributed by atoms with E-state index in [-0.39, 0.29) is 36.5 Å². The van der Waals surface area contributed by atoms with Crippen molar-refractivity contribution in [3.8, 4) is 5.75 Å². The summed E-state index contributed by atoms with van der Waals surface area (Å²) in [4.78, 5) is 20.8. The average Bonchev–Trinajstić information content (AvgIpc) is 3.45. The Hall–Kier alpha value is -1.88. The highest BCUT2D eigenvalue weighted by Crippen LogP contribution is 2.18. The molecule has 0 radical (unpaired) electrons. The predicted molar refractivity (Wildman–Crippen MR) is 137 cm³/mol. The summed E-state index contributed by atoms with van der Waals surface area (Å²) in [6.07, 6.45) is 3.89. The fraction of sp³-hybridized carbons (Fsp3) is 0.500. The Morgan fingerprint density at radius 1 is 1.23 bits per heavy atom. The van der Waals surface area contributed by atoms with E-state index in [2.05, 4.69) is 38.2 Å². The van der Waals surface area contributed by atoms with Crippen LogP contribution in [0.2, 0.25) is 0 Å². The van der Waals surface area contributed by atoms with E-state index < -0.39 is 0 Å². The van der Waals surface area contributed by atoms with Crippen molar-refractivity contribution in [1.82, 2.24) is 20.9 Å². The van der Waals surface area contributed by atoms with Crippen LogP contribution in [-0.4, -0.2) is 49.1 Å². The number of guanidine groups is 1. The molecule has 2 aromatic rings. The molecule has 1 aromatic carbocycles. The molecule has 1 heterocycles. The standard InChI is InChI=1S/C22H31N5O2S.HI/c1-3-23-22(25-13-11-19-15-30-16(2)26-19)24-12-10-17-4-8-20(9-5-17)29-14-21(28)27-18-6-7-18;/h4-5,8-9,15,18H,3,6-7,10-14H2,1-2H3,(H,27,28)(H2,23,24,25);1H. The molecule has 0 atom stereocenters. The van der Waals surface area contributed by atoms with Gasteiger partial charge in [-0.25, -0.2) is 4.98 Å². The van der Waals surface area contributed by atoms with Gasteiger partial charge in [-0.3, -0.25) is 9.79 Å². The molecule has 0 spiro atoms. The fourth-order valence-corrected chi connectivity index (χ4v) is 3.52. The molecule has 1 amide bonds. The molecule has 0 bridgehead atoms. The van der Waals surface area contributed by atoms with Crippen LogP contribution in [0.3, 0.4) is 0 Å². The lowest BCUT2D eigenvalue weighted by Crippen LogP contribution is -2.38. The molecule has 3 rings (SSSR count). The van der Waals surface area contributed by atoms with Gasteiger partial charge in [-0.15, -0.1) is 35.3 Å². The van der Waals surface area contributed by atoms with E-state index in [0.29, 0.717) is 18.3 Å². The third-order valence-electron chi connectivity index (χ3n) is 4.59. The van der Waals surface area contributed by atoms with Gasteiger partial charge in [-0.2, -0.15) is 0 Å². The lowest BCUT2D eigenvalue weighted by Gasteiger charge is -2.11. The van der Waals surface area contributed by atoms with Crippen LogP contribution in [0.25, 0.3) is 0 Å². The Labute approximate surface area is 205 Å². The quantitative estimate of drug-likeness (QED) is 0.225. The number of hydrogen-bond acceptors (Lipinski definition) is 5. The Balaban J connectivity index is 0.00000341. The number of benzene rings is 1. The van der Waals surface area contributed by atoms with Gasteiger partial charge in [0, 0.05) is 37.5 Å². The van der Waals surface area contributed by atoms with E-state index in [4.69, 9.17) is 4.74 Å². The number of aryl methyl sites for hydroxylation is 1. The average molecular weight is 558 g/mol. The molecule has 3 N–H and O–H groups in total. The topological polar surface area (TPSA) is 87.6 Å². The fourth-order valence-electron chi connectivity index (χ4n) is 2.87. The van der Waals surface area contributed by atoms with Crippen LogP contribution in [0.1, 0.15) is 36.0 Å². The first kappa shape index (κ1) is 25.4. The van der Waals surface area contributed by atoms with Crippen molar-refractivity contribution < 1.29 is 9.53 Å². The highest BCUT2D eigenvalue weighted by atomic mass is 127. The van der Waals surface area contributed by atoms with Crippen molar-refractivity contribution in [2.24, 2.45) is 4.99 Å². The summed E-state index contributed by atoms with van der Waals surface area (Å²) in [5, 5.41) is 12.8. The van der Waals surface area contributed by atoms with Gasteiger partial charge in [0.2, 0.25) is 0 Å². The summed E-state index contributed by atoms with van der Waals surface area (Å²) < 4.78 is 5.55. The number of thiazole rings is 1. The Kier molecular flexibility index (Phi) is 11.1. The normalized spacial score (nSPS) is 13.3. The lowest BCUT2D eigenvalue weighted by molar-refractivity contribution is -0.123. The second-order valence-electron chi connectivity index (χ2n) is 7.32. The lowest BCUT2D eigenvalue weighted by atomic mass is 10.1. The van der Waals surface area contributed by atoms with Crippen LogP contribution in [0, 0.1) is 6.92 Å². The van der Waals surface area contributed by atoms with Crippen molar-refractivity contribution in [3.63, 3.8) is 0 Å². The summed E-state index contributed by atoms with van der Waals surface area (Å²) in [5.41, 5.74) is 2.30. The van der Waals surface area contributed by atoms with E-state index in [9.17, 15) is 4.79 Å². The third kappa shape index (κ3) is 9.86. The Bertz CT molecular complexity index is 837. The zero-order chi connectivity index (χ0) is 21.2. The minimum Gasteiger partial charge on any atom is -0.484 e. The Morgan fingerprint density at radius 2 is 2.00 bits per heavy atom. The number of ether oxygens (including phenoxy) is 1. The highest BCUT2D eigenvalue weighted by Gasteiger charge is 2.23. The number of hydrogen-bond donors (Lipinski definition) is 3. The monoisotopic (exact) mass is 557 g/mol. The first-order valence-corrected chi connectivity index (χ1v) is 11.4. The molecule has 170 valence electrons. The minimum absolute atomic E-state index is 0. The molecule has 31 heavy (non-hydrogen) atoms. The molecular formula is C22H32IN5O2S. The number of aliphatic imine (C=N–C) groups is 1. The van der Waals surface area contributed by atoms with Crippen LogP contribution < -0.4 is 20.7 Å². The van der Waals surface area contributed by atoms with Crippen LogP contribution in [-0.2, 0) is 17.6 Å². The van der Waals surface area contributed by atoms with Gasteiger partial charge in [-0.05, 0) is 50.8 Å². The molecule has 1 aromatic heterocycles. The van der Waals surface area contributed by atoms with E-state index in [1.807, 2.05) is 31.2 Å². The smallest absolute Gasteiger partial charge is 0.258 e. The molecule has 1 fully saturated rings. The predicted octanol–water partition coefficient (Wildman–Crippen LogP) is 3.07. The summed E-state index contributed by atoms with van der Waals surface area (Å²) in [5.74, 6) is 1.49. The second kappa shape index (κ2) is 13.5. The number of nitrogens with one attached hydrogen (secondary N) is 3. The number of nitrogens with zero attached hydrogens (tertiary/aromatic N) is 2. The van der Waals surface area contributed by atoms with Gasteiger partial charge in [-0.1, -0.05) is 12.1 Å². The molecule has 1 aliphatic carbocycles. The maximum absolute atomic E-state index is 11.7. The molecular weight excluding hydrogens is 525 g/mol.